The number of ether oxygens (including phenoxy) is 1. The highest BCUT2D eigenvalue weighted by Crippen LogP contribution is 2.32. The molecule has 0 aromatic heterocycles. The van der Waals surface area contributed by atoms with E-state index in [2.05, 4.69) is 5.32 Å². The van der Waals surface area contributed by atoms with Gasteiger partial charge < -0.3 is 15.0 Å². The topological polar surface area (TPSA) is 58.6 Å². The van der Waals surface area contributed by atoms with Gasteiger partial charge >= 0.3 is 0 Å². The Morgan fingerprint density at radius 1 is 1.15 bits per heavy atom. The van der Waals surface area contributed by atoms with Crippen molar-refractivity contribution in [1.29, 1.82) is 0 Å². The van der Waals surface area contributed by atoms with Crippen molar-refractivity contribution in [3.63, 3.8) is 0 Å². The van der Waals surface area contributed by atoms with E-state index in [4.69, 9.17) is 4.74 Å². The first kappa shape index (κ1) is 18.7. The van der Waals surface area contributed by atoms with Crippen LogP contribution in [-0.2, 0) is 16.0 Å². The van der Waals surface area contributed by atoms with Crippen molar-refractivity contribution in [2.45, 2.75) is 25.8 Å². The minimum atomic E-state index is -0.277. The van der Waals surface area contributed by atoms with Crippen LogP contribution in [0, 0.1) is 0 Å². The van der Waals surface area contributed by atoms with Crippen molar-refractivity contribution in [3.05, 3.63) is 71.4 Å². The fraction of sp³-hybridized carbons (Fsp3) is 0.273. The minimum Gasteiger partial charge on any atom is -0.497 e. The molecule has 1 unspecified atom stereocenters. The van der Waals surface area contributed by atoms with Gasteiger partial charge in [-0.3, -0.25) is 9.59 Å². The van der Waals surface area contributed by atoms with Gasteiger partial charge in [0.2, 0.25) is 11.8 Å². The summed E-state index contributed by atoms with van der Waals surface area (Å²) in [6, 6.07) is 15.4. The number of nitrogens with zero attached hydrogens (tertiary/aromatic N) is 1. The molecule has 1 N–H and O–H groups in total. The summed E-state index contributed by atoms with van der Waals surface area (Å²) >= 11 is 0. The van der Waals surface area contributed by atoms with E-state index < -0.39 is 0 Å². The molecule has 1 aliphatic rings. The van der Waals surface area contributed by atoms with Crippen LogP contribution >= 0.6 is 0 Å². The molecule has 1 aliphatic heterocycles. The maximum absolute atomic E-state index is 12.5. The van der Waals surface area contributed by atoms with Crippen molar-refractivity contribution in [2.24, 2.45) is 0 Å². The number of hydrogen-bond acceptors (Lipinski definition) is 3. The second-order valence-corrected chi connectivity index (χ2v) is 6.54. The molecule has 0 aliphatic carbocycles. The molecule has 3 rings (SSSR count). The van der Waals surface area contributed by atoms with Gasteiger partial charge in [0.25, 0.3) is 0 Å². The Balaban J connectivity index is 1.61. The molecule has 2 aromatic rings. The van der Waals surface area contributed by atoms with E-state index >= 15 is 0 Å². The van der Waals surface area contributed by atoms with E-state index in [1.807, 2.05) is 54.6 Å². The predicted octanol–water partition coefficient (Wildman–Crippen LogP) is 3.32. The third kappa shape index (κ3) is 4.56. The van der Waals surface area contributed by atoms with Crippen molar-refractivity contribution < 1.29 is 14.3 Å². The van der Waals surface area contributed by atoms with Crippen molar-refractivity contribution >= 4 is 17.9 Å². The molecule has 0 saturated heterocycles. The normalized spacial score (nSPS) is 15.2. The van der Waals surface area contributed by atoms with E-state index in [1.54, 1.807) is 18.2 Å². The van der Waals surface area contributed by atoms with E-state index in [-0.39, 0.29) is 24.3 Å². The number of amides is 2. The SMILES string of the molecule is COc1cccc(CCNC(=O)CC2c3ccccc3C=CN2C(C)=O)c1. The molecule has 1 atom stereocenters. The van der Waals surface area contributed by atoms with Crippen LogP contribution in [0.5, 0.6) is 5.75 Å². The van der Waals surface area contributed by atoms with Crippen LogP contribution in [-0.4, -0.2) is 30.4 Å². The summed E-state index contributed by atoms with van der Waals surface area (Å²) in [5.74, 6) is 0.663. The molecule has 5 heteroatoms. The quantitative estimate of drug-likeness (QED) is 0.855. The zero-order chi connectivity index (χ0) is 19.2. The molecule has 0 fully saturated rings. The lowest BCUT2D eigenvalue weighted by Gasteiger charge is -2.32. The Morgan fingerprint density at radius 2 is 1.96 bits per heavy atom. The van der Waals surface area contributed by atoms with Crippen LogP contribution in [0.15, 0.2) is 54.7 Å². The van der Waals surface area contributed by atoms with Crippen LogP contribution in [0.1, 0.15) is 36.1 Å². The summed E-state index contributed by atoms with van der Waals surface area (Å²) in [4.78, 5) is 26.1. The Morgan fingerprint density at radius 3 is 2.74 bits per heavy atom. The third-order valence-electron chi connectivity index (χ3n) is 4.72. The van der Waals surface area contributed by atoms with Gasteiger partial charge in [0, 0.05) is 19.7 Å². The summed E-state index contributed by atoms with van der Waals surface area (Å²) in [7, 11) is 1.64. The summed E-state index contributed by atoms with van der Waals surface area (Å²) in [6.45, 7) is 2.06. The summed E-state index contributed by atoms with van der Waals surface area (Å²) in [5.41, 5.74) is 3.15. The average Bonchev–Trinajstić information content (AvgIpc) is 2.68. The number of fused-ring (bicyclic) bond motifs is 1. The standard InChI is InChI=1S/C22H24N2O3/c1-16(25)24-13-11-18-7-3-4-9-20(18)21(24)15-22(26)23-12-10-17-6-5-8-19(14-17)27-2/h3-9,11,13-14,21H,10,12,15H2,1-2H3,(H,23,26). The molecule has 27 heavy (non-hydrogen) atoms. The second-order valence-electron chi connectivity index (χ2n) is 6.54. The van der Waals surface area contributed by atoms with Gasteiger partial charge in [-0.1, -0.05) is 36.4 Å². The molecule has 1 heterocycles. The van der Waals surface area contributed by atoms with E-state index in [9.17, 15) is 9.59 Å². The van der Waals surface area contributed by atoms with Crippen LogP contribution in [0.3, 0.4) is 0 Å². The zero-order valence-corrected chi connectivity index (χ0v) is 15.6. The van der Waals surface area contributed by atoms with Crippen LogP contribution < -0.4 is 10.1 Å². The van der Waals surface area contributed by atoms with Crippen molar-refractivity contribution in [3.8, 4) is 5.75 Å². The molecule has 2 aromatic carbocycles. The maximum atomic E-state index is 12.5. The van der Waals surface area contributed by atoms with E-state index in [1.165, 1.54) is 6.92 Å². The number of carbonyl (C=O) groups excluding carboxylic acids is 2. The lowest BCUT2D eigenvalue weighted by Crippen LogP contribution is -2.35. The van der Waals surface area contributed by atoms with Crippen LogP contribution in [0.25, 0.3) is 6.08 Å². The Kier molecular flexibility index (Phi) is 5.91. The monoisotopic (exact) mass is 364 g/mol. The van der Waals surface area contributed by atoms with Gasteiger partial charge in [-0.05, 0) is 41.3 Å². The molecule has 0 bridgehead atoms. The van der Waals surface area contributed by atoms with Crippen LogP contribution in [0.4, 0.5) is 0 Å². The molecule has 0 saturated carbocycles. The zero-order valence-electron chi connectivity index (χ0n) is 15.6. The van der Waals surface area contributed by atoms with Gasteiger partial charge in [-0.15, -0.1) is 0 Å². The smallest absolute Gasteiger partial charge is 0.223 e. The van der Waals surface area contributed by atoms with Crippen molar-refractivity contribution in [1.82, 2.24) is 10.2 Å². The summed E-state index contributed by atoms with van der Waals surface area (Å²) < 4.78 is 5.22. The maximum Gasteiger partial charge on any atom is 0.223 e. The fourth-order valence-corrected chi connectivity index (χ4v) is 3.34. The largest absolute Gasteiger partial charge is 0.497 e. The molecular weight excluding hydrogens is 340 g/mol. The second kappa shape index (κ2) is 8.54. The minimum absolute atomic E-state index is 0.0701. The fourth-order valence-electron chi connectivity index (χ4n) is 3.34. The average molecular weight is 364 g/mol. The lowest BCUT2D eigenvalue weighted by molar-refractivity contribution is -0.129. The van der Waals surface area contributed by atoms with Gasteiger partial charge in [0.05, 0.1) is 19.6 Å². The molecule has 2 amide bonds. The van der Waals surface area contributed by atoms with Gasteiger partial charge in [-0.25, -0.2) is 0 Å². The highest BCUT2D eigenvalue weighted by atomic mass is 16.5. The molecule has 0 radical (unpaired) electrons. The first-order chi connectivity index (χ1) is 13.1. The predicted molar refractivity (Wildman–Crippen MR) is 105 cm³/mol. The number of hydrogen-bond donors (Lipinski definition) is 1. The van der Waals surface area contributed by atoms with Gasteiger partial charge in [0.1, 0.15) is 5.75 Å². The summed E-state index contributed by atoms with van der Waals surface area (Å²) in [5, 5.41) is 2.96. The molecular formula is C22H24N2O3. The molecule has 5 nitrogen and oxygen atoms in total. The van der Waals surface area contributed by atoms with E-state index in [0.717, 1.165) is 28.9 Å². The highest BCUT2D eigenvalue weighted by Gasteiger charge is 2.27. The Labute approximate surface area is 159 Å². The van der Waals surface area contributed by atoms with Gasteiger partial charge in [-0.2, -0.15) is 0 Å². The number of benzene rings is 2. The number of methoxy groups -OCH3 is 1. The molecule has 0 spiro atoms. The lowest BCUT2D eigenvalue weighted by atomic mass is 9.93. The van der Waals surface area contributed by atoms with Crippen molar-refractivity contribution in [2.75, 3.05) is 13.7 Å². The summed E-state index contributed by atoms with van der Waals surface area (Å²) in [6.07, 6.45) is 4.63. The van der Waals surface area contributed by atoms with Crippen LogP contribution in [0.2, 0.25) is 0 Å². The number of nitrogens with one attached hydrogen (secondary N) is 1. The first-order valence-corrected chi connectivity index (χ1v) is 9.04. The number of rotatable bonds is 6. The Bertz CT molecular complexity index is 860. The highest BCUT2D eigenvalue weighted by molar-refractivity contribution is 5.81. The van der Waals surface area contributed by atoms with Gasteiger partial charge in [0.15, 0.2) is 0 Å². The third-order valence-corrected chi connectivity index (χ3v) is 4.72. The number of carbonyl (C=O) groups is 2. The Hall–Kier alpha value is -3.08. The van der Waals surface area contributed by atoms with E-state index in [0.29, 0.717) is 6.54 Å². The first-order valence-electron chi connectivity index (χ1n) is 9.04. The molecule has 140 valence electrons.